The van der Waals surface area contributed by atoms with Crippen molar-refractivity contribution in [1.29, 1.82) is 0 Å². The van der Waals surface area contributed by atoms with Gasteiger partial charge < -0.3 is 5.32 Å². The van der Waals surface area contributed by atoms with Gasteiger partial charge in [-0.25, -0.2) is 9.97 Å². The van der Waals surface area contributed by atoms with Crippen LogP contribution in [0.2, 0.25) is 0 Å². The van der Waals surface area contributed by atoms with Gasteiger partial charge in [0.1, 0.15) is 11.5 Å². The summed E-state index contributed by atoms with van der Waals surface area (Å²) in [6.45, 7) is 7.04. The van der Waals surface area contributed by atoms with E-state index in [1.807, 2.05) is 32.0 Å². The Kier molecular flexibility index (Phi) is 3.87. The third-order valence-electron chi connectivity index (χ3n) is 2.63. The topological polar surface area (TPSA) is 50.7 Å². The molecular weight excluding hydrogens is 224 g/mol. The quantitative estimate of drug-likeness (QED) is 0.895. The number of aromatic nitrogens is 3. The fraction of sp³-hybridized carbons (Fsp3) is 0.357. The first-order chi connectivity index (χ1) is 8.70. The number of anilines is 1. The number of aryl methyl sites for hydroxylation is 2. The van der Waals surface area contributed by atoms with E-state index in [2.05, 4.69) is 27.2 Å². The number of nitrogens with zero attached hydrogens (tertiary/aromatic N) is 3. The molecule has 0 saturated heterocycles. The van der Waals surface area contributed by atoms with Gasteiger partial charge in [-0.1, -0.05) is 13.0 Å². The molecule has 4 nitrogen and oxygen atoms in total. The van der Waals surface area contributed by atoms with Crippen molar-refractivity contribution in [3.05, 3.63) is 35.7 Å². The molecule has 2 aromatic rings. The molecule has 4 heteroatoms. The van der Waals surface area contributed by atoms with Crippen LogP contribution in [0.4, 0.5) is 5.82 Å². The fourth-order valence-corrected chi connectivity index (χ4v) is 1.74. The van der Waals surface area contributed by atoms with Gasteiger partial charge in [-0.3, -0.25) is 4.98 Å². The molecule has 2 heterocycles. The molecule has 0 saturated carbocycles. The highest BCUT2D eigenvalue weighted by molar-refractivity contribution is 5.56. The van der Waals surface area contributed by atoms with Crippen molar-refractivity contribution >= 4 is 5.82 Å². The fourth-order valence-electron chi connectivity index (χ4n) is 1.74. The maximum atomic E-state index is 4.52. The Labute approximate surface area is 108 Å². The first-order valence-electron chi connectivity index (χ1n) is 6.22. The van der Waals surface area contributed by atoms with Crippen molar-refractivity contribution in [3.8, 4) is 11.5 Å². The van der Waals surface area contributed by atoms with Crippen LogP contribution in [-0.2, 0) is 0 Å². The second-order valence-corrected chi connectivity index (χ2v) is 4.31. The summed E-state index contributed by atoms with van der Waals surface area (Å²) >= 11 is 0. The molecule has 0 radical (unpaired) electrons. The van der Waals surface area contributed by atoms with Crippen LogP contribution < -0.4 is 5.32 Å². The standard InChI is InChI=1S/C14H18N4/c1-4-7-15-12-9-11(3)17-14(18-12)13-10(2)6-5-8-16-13/h5-6,8-9H,4,7H2,1-3H3,(H,15,17,18). The molecular formula is C14H18N4. The van der Waals surface area contributed by atoms with Crippen LogP contribution in [0.1, 0.15) is 24.6 Å². The highest BCUT2D eigenvalue weighted by Crippen LogP contribution is 2.18. The van der Waals surface area contributed by atoms with Gasteiger partial charge in [-0.15, -0.1) is 0 Å². The maximum Gasteiger partial charge on any atom is 0.180 e. The lowest BCUT2D eigenvalue weighted by molar-refractivity contribution is 0.960. The van der Waals surface area contributed by atoms with Gasteiger partial charge in [0.15, 0.2) is 5.82 Å². The Morgan fingerprint density at radius 2 is 2.06 bits per heavy atom. The Bertz CT molecular complexity index is 537. The molecule has 0 spiro atoms. The average Bonchev–Trinajstić information content (AvgIpc) is 2.36. The monoisotopic (exact) mass is 242 g/mol. The number of rotatable bonds is 4. The predicted molar refractivity (Wildman–Crippen MR) is 73.5 cm³/mol. The summed E-state index contributed by atoms with van der Waals surface area (Å²) in [6.07, 6.45) is 2.84. The molecule has 0 atom stereocenters. The summed E-state index contributed by atoms with van der Waals surface area (Å²) < 4.78 is 0. The van der Waals surface area contributed by atoms with Crippen molar-refractivity contribution in [2.24, 2.45) is 0 Å². The second kappa shape index (κ2) is 5.58. The smallest absolute Gasteiger partial charge is 0.180 e. The van der Waals surface area contributed by atoms with Crippen LogP contribution in [-0.4, -0.2) is 21.5 Å². The van der Waals surface area contributed by atoms with Crippen LogP contribution >= 0.6 is 0 Å². The van der Waals surface area contributed by atoms with E-state index in [4.69, 9.17) is 0 Å². The molecule has 0 bridgehead atoms. The zero-order chi connectivity index (χ0) is 13.0. The van der Waals surface area contributed by atoms with E-state index in [9.17, 15) is 0 Å². The molecule has 18 heavy (non-hydrogen) atoms. The predicted octanol–water partition coefficient (Wildman–Crippen LogP) is 2.98. The zero-order valence-corrected chi connectivity index (χ0v) is 11.1. The van der Waals surface area contributed by atoms with Gasteiger partial charge in [-0.2, -0.15) is 0 Å². The number of hydrogen-bond acceptors (Lipinski definition) is 4. The summed E-state index contributed by atoms with van der Waals surface area (Å²) in [7, 11) is 0. The molecule has 0 fully saturated rings. The summed E-state index contributed by atoms with van der Waals surface area (Å²) in [5, 5.41) is 3.29. The molecule has 0 aliphatic carbocycles. The van der Waals surface area contributed by atoms with E-state index in [0.717, 1.165) is 35.7 Å². The van der Waals surface area contributed by atoms with Crippen LogP contribution in [0.3, 0.4) is 0 Å². The third-order valence-corrected chi connectivity index (χ3v) is 2.63. The lowest BCUT2D eigenvalue weighted by atomic mass is 10.2. The highest BCUT2D eigenvalue weighted by atomic mass is 15.0. The van der Waals surface area contributed by atoms with Gasteiger partial charge in [0, 0.05) is 24.5 Å². The Morgan fingerprint density at radius 3 is 2.78 bits per heavy atom. The number of nitrogens with one attached hydrogen (secondary N) is 1. The van der Waals surface area contributed by atoms with Crippen molar-refractivity contribution in [1.82, 2.24) is 15.0 Å². The first kappa shape index (κ1) is 12.5. The second-order valence-electron chi connectivity index (χ2n) is 4.31. The van der Waals surface area contributed by atoms with E-state index in [1.54, 1.807) is 6.20 Å². The minimum absolute atomic E-state index is 0.687. The Balaban J connectivity index is 2.39. The van der Waals surface area contributed by atoms with Crippen molar-refractivity contribution in [2.75, 3.05) is 11.9 Å². The van der Waals surface area contributed by atoms with Crippen molar-refractivity contribution < 1.29 is 0 Å². The van der Waals surface area contributed by atoms with E-state index < -0.39 is 0 Å². The molecule has 1 N–H and O–H groups in total. The normalized spacial score (nSPS) is 10.4. The van der Waals surface area contributed by atoms with Crippen molar-refractivity contribution in [2.45, 2.75) is 27.2 Å². The van der Waals surface area contributed by atoms with Crippen LogP contribution in [0.15, 0.2) is 24.4 Å². The van der Waals surface area contributed by atoms with Crippen molar-refractivity contribution in [3.63, 3.8) is 0 Å². The summed E-state index contributed by atoms with van der Waals surface area (Å²) in [5.74, 6) is 1.55. The molecule has 2 rings (SSSR count). The molecule has 0 aliphatic rings. The van der Waals surface area contributed by atoms with Gasteiger partial charge in [-0.05, 0) is 31.9 Å². The molecule has 2 aromatic heterocycles. The lowest BCUT2D eigenvalue weighted by Crippen LogP contribution is -2.05. The highest BCUT2D eigenvalue weighted by Gasteiger charge is 2.08. The van der Waals surface area contributed by atoms with Gasteiger partial charge in [0.25, 0.3) is 0 Å². The number of hydrogen-bond donors (Lipinski definition) is 1. The minimum atomic E-state index is 0.687. The maximum absolute atomic E-state index is 4.52. The van der Waals surface area contributed by atoms with E-state index in [1.165, 1.54) is 0 Å². The Hall–Kier alpha value is -1.97. The SMILES string of the molecule is CCCNc1cc(C)nc(-c2ncccc2C)n1. The molecule has 0 aromatic carbocycles. The molecule has 0 amide bonds. The first-order valence-corrected chi connectivity index (χ1v) is 6.22. The molecule has 94 valence electrons. The van der Waals surface area contributed by atoms with Crippen LogP contribution in [0, 0.1) is 13.8 Å². The van der Waals surface area contributed by atoms with Crippen LogP contribution in [0.5, 0.6) is 0 Å². The van der Waals surface area contributed by atoms with E-state index >= 15 is 0 Å². The van der Waals surface area contributed by atoms with Crippen LogP contribution in [0.25, 0.3) is 11.5 Å². The summed E-state index contributed by atoms with van der Waals surface area (Å²) in [4.78, 5) is 13.3. The lowest BCUT2D eigenvalue weighted by Gasteiger charge is -2.08. The zero-order valence-electron chi connectivity index (χ0n) is 11.1. The number of pyridine rings is 1. The Morgan fingerprint density at radius 1 is 1.22 bits per heavy atom. The van der Waals surface area contributed by atoms with E-state index in [-0.39, 0.29) is 0 Å². The molecule has 0 aliphatic heterocycles. The van der Waals surface area contributed by atoms with Gasteiger partial charge >= 0.3 is 0 Å². The summed E-state index contributed by atoms with van der Waals surface area (Å²) in [6, 6.07) is 5.90. The summed E-state index contributed by atoms with van der Waals surface area (Å²) in [5.41, 5.74) is 2.88. The average molecular weight is 242 g/mol. The third kappa shape index (κ3) is 2.83. The van der Waals surface area contributed by atoms with Gasteiger partial charge in [0.05, 0.1) is 0 Å². The largest absolute Gasteiger partial charge is 0.370 e. The minimum Gasteiger partial charge on any atom is -0.370 e. The van der Waals surface area contributed by atoms with Gasteiger partial charge in [0.2, 0.25) is 0 Å². The van der Waals surface area contributed by atoms with E-state index in [0.29, 0.717) is 5.82 Å². The molecule has 0 unspecified atom stereocenters.